The summed E-state index contributed by atoms with van der Waals surface area (Å²) >= 11 is 0. The molecule has 0 aromatic rings. The first-order chi connectivity index (χ1) is 8.31. The number of nitrogens with zero attached hydrogens (tertiary/aromatic N) is 1. The van der Waals surface area contributed by atoms with Gasteiger partial charge in [0.25, 0.3) is 0 Å². The SMILES string of the molecule is CC(C)NCCCCCCN(C)CCC(F)(F)F. The van der Waals surface area contributed by atoms with Crippen LogP contribution < -0.4 is 5.32 Å². The standard InChI is InChI=1S/C13H27F3N2/c1-12(2)17-9-6-4-5-7-10-18(3)11-8-13(14,15)16/h12,17H,4-11H2,1-3H3. The Morgan fingerprint density at radius 3 is 2.17 bits per heavy atom. The van der Waals surface area contributed by atoms with Crippen molar-refractivity contribution in [2.24, 2.45) is 0 Å². The third-order valence-electron chi connectivity index (χ3n) is 2.80. The van der Waals surface area contributed by atoms with Crippen molar-refractivity contribution in [3.05, 3.63) is 0 Å². The van der Waals surface area contributed by atoms with E-state index >= 15 is 0 Å². The summed E-state index contributed by atoms with van der Waals surface area (Å²) in [6.45, 7) is 6.14. The van der Waals surface area contributed by atoms with Crippen molar-refractivity contribution in [3.63, 3.8) is 0 Å². The van der Waals surface area contributed by atoms with Gasteiger partial charge in [0.1, 0.15) is 0 Å². The lowest BCUT2D eigenvalue weighted by Crippen LogP contribution is -2.25. The molecule has 2 nitrogen and oxygen atoms in total. The Bertz CT molecular complexity index is 193. The Kier molecular flexibility index (Phi) is 9.46. The molecule has 0 saturated carbocycles. The molecule has 0 saturated heterocycles. The van der Waals surface area contributed by atoms with Gasteiger partial charge in [-0.25, -0.2) is 0 Å². The molecule has 0 aliphatic rings. The van der Waals surface area contributed by atoms with Crippen molar-refractivity contribution in [1.29, 1.82) is 0 Å². The third-order valence-corrected chi connectivity index (χ3v) is 2.80. The van der Waals surface area contributed by atoms with Gasteiger partial charge in [-0.3, -0.25) is 0 Å². The summed E-state index contributed by atoms with van der Waals surface area (Å²) in [6, 6.07) is 0.526. The molecule has 0 spiro atoms. The van der Waals surface area contributed by atoms with Crippen LogP contribution in [0.25, 0.3) is 0 Å². The van der Waals surface area contributed by atoms with E-state index in [1.54, 1.807) is 11.9 Å². The minimum absolute atomic E-state index is 0.110. The molecule has 0 aromatic heterocycles. The van der Waals surface area contributed by atoms with Crippen LogP contribution in [0.2, 0.25) is 0 Å². The van der Waals surface area contributed by atoms with E-state index in [-0.39, 0.29) is 6.54 Å². The third kappa shape index (κ3) is 13.8. The number of rotatable bonds is 10. The van der Waals surface area contributed by atoms with E-state index in [2.05, 4.69) is 19.2 Å². The molecule has 0 atom stereocenters. The fourth-order valence-electron chi connectivity index (χ4n) is 1.68. The van der Waals surface area contributed by atoms with Crippen LogP contribution in [0.3, 0.4) is 0 Å². The first-order valence-corrected chi connectivity index (χ1v) is 6.80. The van der Waals surface area contributed by atoms with Crippen LogP contribution >= 0.6 is 0 Å². The maximum atomic E-state index is 12.0. The summed E-state index contributed by atoms with van der Waals surface area (Å²) in [6.07, 6.45) is -0.373. The van der Waals surface area contributed by atoms with E-state index in [1.807, 2.05) is 0 Å². The van der Waals surface area contributed by atoms with Gasteiger partial charge in [-0.1, -0.05) is 26.7 Å². The van der Waals surface area contributed by atoms with E-state index in [0.29, 0.717) is 6.04 Å². The summed E-state index contributed by atoms with van der Waals surface area (Å²) in [4.78, 5) is 1.76. The van der Waals surface area contributed by atoms with E-state index in [9.17, 15) is 13.2 Å². The number of alkyl halides is 3. The van der Waals surface area contributed by atoms with E-state index in [0.717, 1.165) is 38.8 Å². The lowest BCUT2D eigenvalue weighted by molar-refractivity contribution is -0.137. The Morgan fingerprint density at radius 2 is 1.61 bits per heavy atom. The zero-order valence-electron chi connectivity index (χ0n) is 11.8. The summed E-state index contributed by atoms with van der Waals surface area (Å²) < 4.78 is 35.9. The molecular formula is C13H27F3N2. The molecule has 0 aliphatic carbocycles. The zero-order valence-corrected chi connectivity index (χ0v) is 11.8. The van der Waals surface area contributed by atoms with Gasteiger partial charge in [0.15, 0.2) is 0 Å². The Hall–Kier alpha value is -0.290. The Morgan fingerprint density at radius 1 is 1.00 bits per heavy atom. The average Bonchev–Trinajstić information content (AvgIpc) is 2.23. The van der Waals surface area contributed by atoms with Crippen molar-refractivity contribution in [3.8, 4) is 0 Å². The number of hydrogen-bond donors (Lipinski definition) is 1. The highest BCUT2D eigenvalue weighted by Crippen LogP contribution is 2.19. The number of halogens is 3. The topological polar surface area (TPSA) is 15.3 Å². The fraction of sp³-hybridized carbons (Fsp3) is 1.00. The van der Waals surface area contributed by atoms with Gasteiger partial charge in [-0.2, -0.15) is 13.2 Å². The molecule has 0 unspecified atom stereocenters. The zero-order chi connectivity index (χ0) is 14.0. The Balaban J connectivity index is 3.28. The highest BCUT2D eigenvalue weighted by Gasteiger charge is 2.26. The highest BCUT2D eigenvalue weighted by molar-refractivity contribution is 4.58. The quantitative estimate of drug-likeness (QED) is 0.611. The second-order valence-corrected chi connectivity index (χ2v) is 5.19. The number of hydrogen-bond acceptors (Lipinski definition) is 2. The van der Waals surface area contributed by atoms with Crippen LogP contribution in [-0.2, 0) is 0 Å². The first kappa shape index (κ1) is 17.7. The summed E-state index contributed by atoms with van der Waals surface area (Å²) in [5.41, 5.74) is 0. The summed E-state index contributed by atoms with van der Waals surface area (Å²) in [5.74, 6) is 0. The van der Waals surface area contributed by atoms with Crippen molar-refractivity contribution in [2.75, 3.05) is 26.7 Å². The second-order valence-electron chi connectivity index (χ2n) is 5.19. The molecule has 1 N–H and O–H groups in total. The van der Waals surface area contributed by atoms with E-state index in [1.165, 1.54) is 0 Å². The van der Waals surface area contributed by atoms with Gasteiger partial charge in [0.2, 0.25) is 0 Å². The van der Waals surface area contributed by atoms with E-state index < -0.39 is 12.6 Å². The number of nitrogens with one attached hydrogen (secondary N) is 1. The van der Waals surface area contributed by atoms with Crippen molar-refractivity contribution in [2.45, 2.75) is 58.2 Å². The highest BCUT2D eigenvalue weighted by atomic mass is 19.4. The predicted molar refractivity (Wildman–Crippen MR) is 69.8 cm³/mol. The number of unbranched alkanes of at least 4 members (excludes halogenated alkanes) is 3. The van der Waals surface area contributed by atoms with Gasteiger partial charge in [0.05, 0.1) is 6.42 Å². The van der Waals surface area contributed by atoms with Gasteiger partial charge >= 0.3 is 6.18 Å². The minimum atomic E-state index is -4.03. The van der Waals surface area contributed by atoms with Crippen LogP contribution in [0.5, 0.6) is 0 Å². The molecule has 0 bridgehead atoms. The van der Waals surface area contributed by atoms with Gasteiger partial charge in [0, 0.05) is 12.6 Å². The molecule has 0 rings (SSSR count). The maximum Gasteiger partial charge on any atom is 0.390 e. The molecule has 0 heterocycles. The lowest BCUT2D eigenvalue weighted by Gasteiger charge is -2.17. The minimum Gasteiger partial charge on any atom is -0.315 e. The molecule has 0 aromatic carbocycles. The monoisotopic (exact) mass is 268 g/mol. The first-order valence-electron chi connectivity index (χ1n) is 6.80. The van der Waals surface area contributed by atoms with Crippen LogP contribution in [0.15, 0.2) is 0 Å². The van der Waals surface area contributed by atoms with Gasteiger partial charge in [-0.15, -0.1) is 0 Å². The normalized spacial score (nSPS) is 12.7. The average molecular weight is 268 g/mol. The molecule has 110 valence electrons. The Labute approximate surface area is 109 Å². The molecule has 0 amide bonds. The summed E-state index contributed by atoms with van der Waals surface area (Å²) in [7, 11) is 1.76. The van der Waals surface area contributed by atoms with E-state index in [4.69, 9.17) is 0 Å². The van der Waals surface area contributed by atoms with Crippen molar-refractivity contribution >= 4 is 0 Å². The van der Waals surface area contributed by atoms with Crippen LogP contribution in [0.4, 0.5) is 13.2 Å². The molecule has 5 heteroatoms. The molecule has 0 fully saturated rings. The largest absolute Gasteiger partial charge is 0.390 e. The maximum absolute atomic E-state index is 12.0. The fourth-order valence-corrected chi connectivity index (χ4v) is 1.68. The predicted octanol–water partition coefficient (Wildman–Crippen LogP) is 3.43. The van der Waals surface area contributed by atoms with Crippen molar-refractivity contribution in [1.82, 2.24) is 10.2 Å². The molecule has 18 heavy (non-hydrogen) atoms. The smallest absolute Gasteiger partial charge is 0.315 e. The van der Waals surface area contributed by atoms with Gasteiger partial charge in [-0.05, 0) is 33.0 Å². The van der Waals surface area contributed by atoms with Gasteiger partial charge < -0.3 is 10.2 Å². The molecule has 0 radical (unpaired) electrons. The molecule has 0 aliphatic heterocycles. The lowest BCUT2D eigenvalue weighted by atomic mass is 10.2. The van der Waals surface area contributed by atoms with Crippen molar-refractivity contribution < 1.29 is 13.2 Å². The van der Waals surface area contributed by atoms with Crippen LogP contribution in [0, 0.1) is 0 Å². The molecular weight excluding hydrogens is 241 g/mol. The summed E-state index contributed by atoms with van der Waals surface area (Å²) in [5, 5.41) is 3.35. The van der Waals surface area contributed by atoms with Crippen LogP contribution in [0.1, 0.15) is 46.0 Å². The second kappa shape index (κ2) is 9.62. The van der Waals surface area contributed by atoms with Crippen LogP contribution in [-0.4, -0.2) is 43.8 Å².